The predicted octanol–water partition coefficient (Wildman–Crippen LogP) is 3.68. The molecule has 2 rings (SSSR count). The van der Waals surface area contributed by atoms with E-state index in [2.05, 4.69) is 31.0 Å². The molecule has 9 heteroatoms. The molecule has 0 spiro atoms. The molecule has 0 N–H and O–H groups in total. The van der Waals surface area contributed by atoms with E-state index in [1.807, 2.05) is 0 Å². The van der Waals surface area contributed by atoms with Crippen molar-refractivity contribution in [2.45, 2.75) is 26.3 Å². The summed E-state index contributed by atoms with van der Waals surface area (Å²) < 4.78 is 45.6. The van der Waals surface area contributed by atoms with Crippen LogP contribution in [0.5, 0.6) is 0 Å². The quantitative estimate of drug-likeness (QED) is 0.830. The van der Waals surface area contributed by atoms with Gasteiger partial charge in [-0.15, -0.1) is 5.10 Å². The number of hydrogen-bond donors (Lipinski definition) is 0. The monoisotopic (exact) mass is 364 g/mol. The molecule has 5 nitrogen and oxygen atoms in total. The highest BCUT2D eigenvalue weighted by Crippen LogP contribution is 2.32. The Bertz CT molecular complexity index is 629. The first-order valence-corrected chi connectivity index (χ1v) is 6.90. The maximum absolute atomic E-state index is 13.1. The van der Waals surface area contributed by atoms with Crippen molar-refractivity contribution in [3.05, 3.63) is 28.6 Å². The van der Waals surface area contributed by atoms with Crippen LogP contribution in [0, 0.1) is 0 Å². The van der Waals surface area contributed by atoms with Gasteiger partial charge in [-0.1, -0.05) is 0 Å². The molecule has 1 atom stereocenters. The van der Waals surface area contributed by atoms with E-state index in [9.17, 15) is 13.2 Å². The molecule has 2 aromatic rings. The van der Waals surface area contributed by atoms with Crippen molar-refractivity contribution >= 4 is 15.9 Å². The smallest absolute Gasteiger partial charge is 0.357 e. The normalized spacial score (nSPS) is 13.4. The van der Waals surface area contributed by atoms with Gasteiger partial charge in [-0.05, 0) is 41.9 Å². The lowest BCUT2D eigenvalue weighted by molar-refractivity contribution is -0.153. The third-order valence-electron chi connectivity index (χ3n) is 2.61. The molecule has 0 fully saturated rings. The highest BCUT2D eigenvalue weighted by molar-refractivity contribution is 9.10. The summed E-state index contributed by atoms with van der Waals surface area (Å²) in [7, 11) is 0. The van der Waals surface area contributed by atoms with Crippen molar-refractivity contribution in [1.82, 2.24) is 19.7 Å². The maximum atomic E-state index is 13.1. The van der Waals surface area contributed by atoms with Gasteiger partial charge >= 0.3 is 6.18 Å². The van der Waals surface area contributed by atoms with Crippen molar-refractivity contribution in [3.8, 4) is 11.5 Å². The lowest BCUT2D eigenvalue weighted by Crippen LogP contribution is -2.20. The van der Waals surface area contributed by atoms with Gasteiger partial charge in [0.15, 0.2) is 0 Å². The minimum Gasteiger partial charge on any atom is -0.357 e. The van der Waals surface area contributed by atoms with E-state index in [-0.39, 0.29) is 18.1 Å². The third-order valence-corrected chi connectivity index (χ3v) is 3.25. The fraction of sp³-hybridized carbons (Fsp3) is 0.417. The topological polar surface area (TPSA) is 52.8 Å². The third kappa shape index (κ3) is 3.41. The molecule has 114 valence electrons. The first-order chi connectivity index (χ1) is 9.84. The molecule has 0 saturated carbocycles. The van der Waals surface area contributed by atoms with Crippen LogP contribution in [0.2, 0.25) is 0 Å². The van der Waals surface area contributed by atoms with E-state index in [1.54, 1.807) is 19.1 Å². The first-order valence-electron chi connectivity index (χ1n) is 6.10. The van der Waals surface area contributed by atoms with Crippen LogP contribution in [-0.4, -0.2) is 26.4 Å². The summed E-state index contributed by atoms with van der Waals surface area (Å²) in [6.07, 6.45) is -4.05. The van der Waals surface area contributed by atoms with Gasteiger partial charge in [-0.3, -0.25) is 4.98 Å². The number of ether oxygens (including phenoxy) is 1. The molecule has 2 aromatic heterocycles. The maximum Gasteiger partial charge on any atom is 0.451 e. The summed E-state index contributed by atoms with van der Waals surface area (Å²) in [6, 6.07) is 3.31. The molecule has 0 aliphatic rings. The Morgan fingerprint density at radius 1 is 1.43 bits per heavy atom. The van der Waals surface area contributed by atoms with Crippen LogP contribution in [0.15, 0.2) is 22.8 Å². The number of pyridine rings is 1. The molecule has 0 aliphatic heterocycles. The number of alkyl halides is 3. The van der Waals surface area contributed by atoms with Gasteiger partial charge in [0.25, 0.3) is 0 Å². The fourth-order valence-electron chi connectivity index (χ4n) is 1.73. The molecule has 2 heterocycles. The molecular weight excluding hydrogens is 353 g/mol. The lowest BCUT2D eigenvalue weighted by atomic mass is 10.3. The number of aromatic nitrogens is 4. The largest absolute Gasteiger partial charge is 0.451 e. The molecule has 0 amide bonds. The molecule has 21 heavy (non-hydrogen) atoms. The summed E-state index contributed by atoms with van der Waals surface area (Å²) in [5.41, 5.74) is 0.241. The van der Waals surface area contributed by atoms with Crippen LogP contribution in [0.3, 0.4) is 0 Å². The van der Waals surface area contributed by atoms with E-state index < -0.39 is 18.2 Å². The van der Waals surface area contributed by atoms with Crippen molar-refractivity contribution in [1.29, 1.82) is 0 Å². The van der Waals surface area contributed by atoms with E-state index in [1.165, 1.54) is 13.1 Å². The van der Waals surface area contributed by atoms with Crippen molar-refractivity contribution in [2.24, 2.45) is 0 Å². The Morgan fingerprint density at radius 2 is 2.14 bits per heavy atom. The van der Waals surface area contributed by atoms with Crippen molar-refractivity contribution < 1.29 is 17.9 Å². The summed E-state index contributed by atoms with van der Waals surface area (Å²) in [4.78, 5) is 7.57. The zero-order valence-electron chi connectivity index (χ0n) is 11.2. The van der Waals surface area contributed by atoms with Crippen molar-refractivity contribution in [2.75, 3.05) is 6.61 Å². The van der Waals surface area contributed by atoms with Gasteiger partial charge in [-0.2, -0.15) is 13.2 Å². The Morgan fingerprint density at radius 3 is 2.71 bits per heavy atom. The van der Waals surface area contributed by atoms with Gasteiger partial charge in [0.05, 0.1) is 0 Å². The van der Waals surface area contributed by atoms with Crippen molar-refractivity contribution in [3.63, 3.8) is 0 Å². The van der Waals surface area contributed by atoms with Gasteiger partial charge < -0.3 is 4.74 Å². The Balaban J connectivity index is 2.53. The lowest BCUT2D eigenvalue weighted by Gasteiger charge is -2.15. The van der Waals surface area contributed by atoms with Crippen LogP contribution in [0.4, 0.5) is 13.2 Å². The van der Waals surface area contributed by atoms with Crippen LogP contribution < -0.4 is 0 Å². The summed E-state index contributed by atoms with van der Waals surface area (Å²) in [6.45, 7) is 3.43. The van der Waals surface area contributed by atoms with Crippen LogP contribution in [-0.2, 0) is 10.9 Å². The van der Waals surface area contributed by atoms with E-state index in [0.29, 0.717) is 4.47 Å². The number of hydrogen-bond acceptors (Lipinski definition) is 4. The average Bonchev–Trinajstić information content (AvgIpc) is 2.84. The minimum atomic E-state index is -4.63. The van der Waals surface area contributed by atoms with Gasteiger partial charge in [0.2, 0.25) is 11.6 Å². The molecular formula is C12H12BrF3N4O. The van der Waals surface area contributed by atoms with Crippen LogP contribution in [0.25, 0.3) is 11.5 Å². The second-order valence-corrected chi connectivity index (χ2v) is 4.94. The molecule has 1 unspecified atom stereocenters. The van der Waals surface area contributed by atoms with Gasteiger partial charge in [0.1, 0.15) is 11.9 Å². The SMILES string of the molecule is CCOC(C)n1nc(-c2ncccc2Br)nc1C(F)(F)F. The predicted molar refractivity (Wildman–Crippen MR) is 72.3 cm³/mol. The highest BCUT2D eigenvalue weighted by Gasteiger charge is 2.39. The van der Waals surface area contributed by atoms with Crippen LogP contribution in [0.1, 0.15) is 25.9 Å². The summed E-state index contributed by atoms with van der Waals surface area (Å²) >= 11 is 3.22. The van der Waals surface area contributed by atoms with Gasteiger partial charge in [-0.25, -0.2) is 9.67 Å². The molecule has 0 saturated heterocycles. The summed E-state index contributed by atoms with van der Waals surface area (Å²) in [5, 5.41) is 3.89. The second kappa shape index (κ2) is 6.10. The Kier molecular flexibility index (Phi) is 4.62. The Hall–Kier alpha value is -1.48. The average molecular weight is 365 g/mol. The van der Waals surface area contributed by atoms with E-state index >= 15 is 0 Å². The number of halogens is 4. The summed E-state index contributed by atoms with van der Waals surface area (Å²) in [5.74, 6) is -1.22. The molecule has 0 aliphatic carbocycles. The second-order valence-electron chi connectivity index (χ2n) is 4.09. The van der Waals surface area contributed by atoms with Crippen LogP contribution >= 0.6 is 15.9 Å². The first kappa shape index (κ1) is 15.9. The standard InChI is InChI=1S/C12H12BrF3N4O/c1-3-21-7(2)20-11(12(14,15)16)18-10(19-20)9-8(13)5-4-6-17-9/h4-7H,3H2,1-2H3. The minimum absolute atomic E-state index is 0.110. The van der Waals surface area contributed by atoms with E-state index in [0.717, 1.165) is 4.68 Å². The molecule has 0 radical (unpaired) electrons. The zero-order valence-corrected chi connectivity index (χ0v) is 12.8. The van der Waals surface area contributed by atoms with Gasteiger partial charge in [0, 0.05) is 17.3 Å². The highest BCUT2D eigenvalue weighted by atomic mass is 79.9. The zero-order chi connectivity index (χ0) is 15.6. The fourth-order valence-corrected chi connectivity index (χ4v) is 2.16. The Labute approximate surface area is 127 Å². The molecule has 0 bridgehead atoms. The molecule has 0 aromatic carbocycles. The van der Waals surface area contributed by atoms with E-state index in [4.69, 9.17) is 4.74 Å². The number of rotatable bonds is 4. The number of nitrogens with zero attached hydrogens (tertiary/aromatic N) is 4.